The van der Waals surface area contributed by atoms with Crippen LogP contribution in [0.5, 0.6) is 0 Å². The highest BCUT2D eigenvalue weighted by atomic mass is 15.1. The maximum absolute atomic E-state index is 2.51. The second-order valence-electron chi connectivity index (χ2n) is 5.10. The summed E-state index contributed by atoms with van der Waals surface area (Å²) in [5.74, 6) is 1.93. The zero-order valence-electron chi connectivity index (χ0n) is 9.55. The van der Waals surface area contributed by atoms with Gasteiger partial charge in [-0.3, -0.25) is 0 Å². The third-order valence-electron chi connectivity index (χ3n) is 2.84. The highest BCUT2D eigenvalue weighted by molar-refractivity contribution is 4.75. The molecule has 0 bridgehead atoms. The molecule has 1 nitrogen and oxygen atoms in total. The molecule has 1 fully saturated rings. The lowest BCUT2D eigenvalue weighted by Gasteiger charge is -2.16. The third kappa shape index (κ3) is 6.09. The van der Waals surface area contributed by atoms with Gasteiger partial charge in [0, 0.05) is 6.54 Å². The second-order valence-corrected chi connectivity index (χ2v) is 5.10. The van der Waals surface area contributed by atoms with Crippen molar-refractivity contribution in [1.29, 1.82) is 0 Å². The van der Waals surface area contributed by atoms with Gasteiger partial charge in [0.05, 0.1) is 0 Å². The van der Waals surface area contributed by atoms with Crippen LogP contribution in [-0.4, -0.2) is 25.0 Å². The Balaban J connectivity index is 1.85. The lowest BCUT2D eigenvalue weighted by Crippen LogP contribution is -2.22. The Morgan fingerprint density at radius 2 is 1.92 bits per heavy atom. The van der Waals surface area contributed by atoms with Gasteiger partial charge >= 0.3 is 0 Å². The lowest BCUT2D eigenvalue weighted by atomic mass is 10.1. The molecular formula is C12H25N. The van der Waals surface area contributed by atoms with Crippen molar-refractivity contribution in [2.24, 2.45) is 11.8 Å². The average molecular weight is 183 g/mol. The summed E-state index contributed by atoms with van der Waals surface area (Å²) in [6.45, 7) is 7.28. The van der Waals surface area contributed by atoms with E-state index in [-0.39, 0.29) is 0 Å². The summed E-state index contributed by atoms with van der Waals surface area (Å²) in [6.07, 6.45) is 7.16. The van der Waals surface area contributed by atoms with Crippen LogP contribution in [-0.2, 0) is 0 Å². The van der Waals surface area contributed by atoms with Crippen LogP contribution in [0.4, 0.5) is 0 Å². The molecule has 13 heavy (non-hydrogen) atoms. The van der Waals surface area contributed by atoms with E-state index in [0.717, 1.165) is 11.8 Å². The fraction of sp³-hybridized carbons (Fsp3) is 1.00. The van der Waals surface area contributed by atoms with E-state index in [1.54, 1.807) is 0 Å². The molecule has 0 aromatic rings. The van der Waals surface area contributed by atoms with Gasteiger partial charge in [0.25, 0.3) is 0 Å². The van der Waals surface area contributed by atoms with E-state index >= 15 is 0 Å². The van der Waals surface area contributed by atoms with E-state index in [0.29, 0.717) is 0 Å². The SMILES string of the molecule is CC(C)CCCCN(C)CC1CC1. The number of unbranched alkanes of at least 4 members (excludes halogenated alkanes) is 1. The van der Waals surface area contributed by atoms with Crippen molar-refractivity contribution in [3.8, 4) is 0 Å². The highest BCUT2D eigenvalue weighted by Gasteiger charge is 2.22. The molecule has 0 aromatic carbocycles. The normalized spacial score (nSPS) is 17.3. The Hall–Kier alpha value is -0.0400. The minimum atomic E-state index is 0.883. The Morgan fingerprint density at radius 3 is 2.46 bits per heavy atom. The first-order valence-corrected chi connectivity index (χ1v) is 5.87. The maximum atomic E-state index is 2.51. The quantitative estimate of drug-likeness (QED) is 0.548. The molecule has 0 aliphatic heterocycles. The predicted octanol–water partition coefficient (Wildman–Crippen LogP) is 3.15. The van der Waals surface area contributed by atoms with Crippen LogP contribution >= 0.6 is 0 Å². The van der Waals surface area contributed by atoms with Crippen molar-refractivity contribution in [1.82, 2.24) is 4.90 Å². The summed E-state index contributed by atoms with van der Waals surface area (Å²) < 4.78 is 0. The van der Waals surface area contributed by atoms with E-state index in [9.17, 15) is 0 Å². The molecule has 78 valence electrons. The molecule has 0 amide bonds. The summed E-state index contributed by atoms with van der Waals surface area (Å²) in [6, 6.07) is 0. The van der Waals surface area contributed by atoms with Crippen molar-refractivity contribution < 1.29 is 0 Å². The van der Waals surface area contributed by atoms with Crippen molar-refractivity contribution in [2.75, 3.05) is 20.1 Å². The van der Waals surface area contributed by atoms with Gasteiger partial charge in [-0.25, -0.2) is 0 Å². The predicted molar refractivity (Wildman–Crippen MR) is 58.9 cm³/mol. The van der Waals surface area contributed by atoms with Crippen LogP contribution in [0.15, 0.2) is 0 Å². The Bertz CT molecular complexity index is 127. The van der Waals surface area contributed by atoms with Gasteiger partial charge < -0.3 is 4.90 Å². The monoisotopic (exact) mass is 183 g/mol. The zero-order valence-corrected chi connectivity index (χ0v) is 9.55. The fourth-order valence-electron chi connectivity index (χ4n) is 1.77. The van der Waals surface area contributed by atoms with Gasteiger partial charge in [-0.2, -0.15) is 0 Å². The minimum absolute atomic E-state index is 0.883. The first kappa shape index (κ1) is 11.0. The molecule has 0 spiro atoms. The minimum Gasteiger partial charge on any atom is -0.306 e. The Labute approximate surface area is 83.5 Å². The fourth-order valence-corrected chi connectivity index (χ4v) is 1.77. The number of hydrogen-bond donors (Lipinski definition) is 0. The van der Waals surface area contributed by atoms with Crippen molar-refractivity contribution in [2.45, 2.75) is 46.0 Å². The molecule has 0 saturated heterocycles. The molecule has 0 heterocycles. The molecule has 1 heteroatoms. The van der Waals surface area contributed by atoms with Crippen LogP contribution in [0.1, 0.15) is 46.0 Å². The van der Waals surface area contributed by atoms with Gasteiger partial charge in [-0.1, -0.05) is 26.7 Å². The highest BCUT2D eigenvalue weighted by Crippen LogP contribution is 2.29. The largest absolute Gasteiger partial charge is 0.306 e. The molecular weight excluding hydrogens is 158 g/mol. The third-order valence-corrected chi connectivity index (χ3v) is 2.84. The zero-order chi connectivity index (χ0) is 9.68. The lowest BCUT2D eigenvalue weighted by molar-refractivity contribution is 0.309. The molecule has 1 saturated carbocycles. The van der Waals surface area contributed by atoms with Crippen molar-refractivity contribution in [3.63, 3.8) is 0 Å². The maximum Gasteiger partial charge on any atom is 0.000661 e. The molecule has 1 aliphatic carbocycles. The van der Waals surface area contributed by atoms with Crippen LogP contribution in [0.2, 0.25) is 0 Å². The van der Waals surface area contributed by atoms with E-state index < -0.39 is 0 Å². The molecule has 0 N–H and O–H groups in total. The Kier molecular flexibility index (Phi) is 4.79. The summed E-state index contributed by atoms with van der Waals surface area (Å²) in [7, 11) is 2.27. The molecule has 0 radical (unpaired) electrons. The van der Waals surface area contributed by atoms with Crippen molar-refractivity contribution >= 4 is 0 Å². The average Bonchev–Trinajstić information content (AvgIpc) is 2.81. The van der Waals surface area contributed by atoms with Crippen molar-refractivity contribution in [3.05, 3.63) is 0 Å². The summed E-state index contributed by atoms with van der Waals surface area (Å²) in [4.78, 5) is 2.51. The Morgan fingerprint density at radius 1 is 1.23 bits per heavy atom. The van der Waals surface area contributed by atoms with E-state index in [1.165, 1.54) is 45.2 Å². The number of rotatable bonds is 7. The summed E-state index contributed by atoms with van der Waals surface area (Å²) >= 11 is 0. The second kappa shape index (κ2) is 5.64. The smallest absolute Gasteiger partial charge is 0.000661 e. The molecule has 0 aromatic heterocycles. The van der Waals surface area contributed by atoms with E-state index in [1.807, 2.05) is 0 Å². The van der Waals surface area contributed by atoms with Crippen LogP contribution in [0.3, 0.4) is 0 Å². The van der Waals surface area contributed by atoms with Gasteiger partial charge in [-0.05, 0) is 44.7 Å². The van der Waals surface area contributed by atoms with Crippen LogP contribution in [0, 0.1) is 11.8 Å². The molecule has 1 aliphatic rings. The van der Waals surface area contributed by atoms with Crippen LogP contribution < -0.4 is 0 Å². The van der Waals surface area contributed by atoms with Gasteiger partial charge in [0.1, 0.15) is 0 Å². The first-order chi connectivity index (χ1) is 6.18. The molecule has 0 atom stereocenters. The topological polar surface area (TPSA) is 3.24 Å². The molecule has 1 rings (SSSR count). The summed E-state index contributed by atoms with van der Waals surface area (Å²) in [5.41, 5.74) is 0. The van der Waals surface area contributed by atoms with Crippen LogP contribution in [0.25, 0.3) is 0 Å². The number of nitrogens with zero attached hydrogens (tertiary/aromatic N) is 1. The standard InChI is InChI=1S/C12H25N/c1-11(2)6-4-5-9-13(3)10-12-7-8-12/h11-12H,4-10H2,1-3H3. The van der Waals surface area contributed by atoms with Gasteiger partial charge in [0.15, 0.2) is 0 Å². The first-order valence-electron chi connectivity index (χ1n) is 5.87. The van der Waals surface area contributed by atoms with E-state index in [4.69, 9.17) is 0 Å². The van der Waals surface area contributed by atoms with Gasteiger partial charge in [-0.15, -0.1) is 0 Å². The van der Waals surface area contributed by atoms with E-state index in [2.05, 4.69) is 25.8 Å². The van der Waals surface area contributed by atoms with Gasteiger partial charge in [0.2, 0.25) is 0 Å². The molecule has 0 unspecified atom stereocenters. The number of hydrogen-bond acceptors (Lipinski definition) is 1. The summed E-state index contributed by atoms with van der Waals surface area (Å²) in [5, 5.41) is 0.